The van der Waals surface area contributed by atoms with Crippen LogP contribution in [0.2, 0.25) is 5.02 Å². The predicted octanol–water partition coefficient (Wildman–Crippen LogP) is 3.16. The molecule has 0 aromatic heterocycles. The second-order valence-electron chi connectivity index (χ2n) is 4.61. The third kappa shape index (κ3) is 4.48. The zero-order chi connectivity index (χ0) is 15.2. The van der Waals surface area contributed by atoms with Crippen molar-refractivity contribution in [3.63, 3.8) is 0 Å². The largest absolute Gasteiger partial charge is 0.484 e. The zero-order valence-electron chi connectivity index (χ0n) is 11.6. The van der Waals surface area contributed by atoms with Crippen LogP contribution in [-0.4, -0.2) is 17.6 Å². The van der Waals surface area contributed by atoms with E-state index in [1.54, 1.807) is 36.4 Å². The van der Waals surface area contributed by atoms with Crippen molar-refractivity contribution in [1.29, 1.82) is 0 Å². The van der Waals surface area contributed by atoms with Crippen LogP contribution >= 0.6 is 11.6 Å². The first-order valence-electron chi connectivity index (χ1n) is 6.47. The summed E-state index contributed by atoms with van der Waals surface area (Å²) < 4.78 is 5.38. The molecular weight excluding hydrogens is 290 g/mol. The maximum Gasteiger partial charge on any atom is 0.262 e. The minimum absolute atomic E-state index is 0.0642. The summed E-state index contributed by atoms with van der Waals surface area (Å²) in [5.41, 5.74) is 2.31. The standard InChI is InChI=1S/C16H16ClNO3/c1-11-5-6-13(8-15(11)17)18-16(20)10-21-14-4-2-3-12(7-14)9-19/h2-8,19H,9-10H2,1H3,(H,18,20). The van der Waals surface area contributed by atoms with E-state index in [1.165, 1.54) is 0 Å². The first kappa shape index (κ1) is 15.4. The topological polar surface area (TPSA) is 58.6 Å². The third-order valence-corrected chi connectivity index (χ3v) is 3.31. The highest BCUT2D eigenvalue weighted by atomic mass is 35.5. The highest BCUT2D eigenvalue weighted by molar-refractivity contribution is 6.31. The molecule has 1 amide bonds. The molecule has 0 heterocycles. The van der Waals surface area contributed by atoms with Crippen LogP contribution in [0.5, 0.6) is 5.75 Å². The summed E-state index contributed by atoms with van der Waals surface area (Å²) in [5.74, 6) is 0.267. The Morgan fingerprint density at radius 2 is 2.10 bits per heavy atom. The van der Waals surface area contributed by atoms with Crippen LogP contribution in [-0.2, 0) is 11.4 Å². The Labute approximate surface area is 128 Å². The Bertz CT molecular complexity index is 643. The van der Waals surface area contributed by atoms with Gasteiger partial charge in [0.2, 0.25) is 0 Å². The summed E-state index contributed by atoms with van der Waals surface area (Å²) in [6, 6.07) is 12.3. The lowest BCUT2D eigenvalue weighted by atomic mass is 10.2. The predicted molar refractivity (Wildman–Crippen MR) is 82.7 cm³/mol. The molecule has 4 nitrogen and oxygen atoms in total. The van der Waals surface area contributed by atoms with Crippen molar-refractivity contribution >= 4 is 23.2 Å². The molecule has 0 saturated carbocycles. The second kappa shape index (κ2) is 7.11. The molecule has 5 heteroatoms. The summed E-state index contributed by atoms with van der Waals surface area (Å²) in [6.45, 7) is 1.72. The SMILES string of the molecule is Cc1ccc(NC(=O)COc2cccc(CO)c2)cc1Cl. The van der Waals surface area contributed by atoms with Gasteiger partial charge in [0.05, 0.1) is 6.61 Å². The number of amides is 1. The van der Waals surface area contributed by atoms with Gasteiger partial charge in [-0.25, -0.2) is 0 Å². The number of aryl methyl sites for hydroxylation is 1. The smallest absolute Gasteiger partial charge is 0.262 e. The van der Waals surface area contributed by atoms with Gasteiger partial charge in [0.15, 0.2) is 6.61 Å². The number of benzene rings is 2. The fraction of sp³-hybridized carbons (Fsp3) is 0.188. The lowest BCUT2D eigenvalue weighted by Crippen LogP contribution is -2.20. The summed E-state index contributed by atoms with van der Waals surface area (Å²) in [7, 11) is 0. The van der Waals surface area contributed by atoms with Crippen LogP contribution in [0.1, 0.15) is 11.1 Å². The van der Waals surface area contributed by atoms with E-state index in [1.807, 2.05) is 13.0 Å². The molecule has 0 atom stereocenters. The Hall–Kier alpha value is -2.04. The van der Waals surface area contributed by atoms with Crippen LogP contribution < -0.4 is 10.1 Å². The van der Waals surface area contributed by atoms with Crippen molar-refractivity contribution < 1.29 is 14.6 Å². The number of carbonyl (C=O) groups excluding carboxylic acids is 1. The number of nitrogens with one attached hydrogen (secondary N) is 1. The summed E-state index contributed by atoms with van der Waals surface area (Å²) in [5, 5.41) is 12.3. The molecule has 2 N–H and O–H groups in total. The number of ether oxygens (including phenoxy) is 1. The van der Waals surface area contributed by atoms with Gasteiger partial charge in [-0.3, -0.25) is 4.79 Å². The summed E-state index contributed by atoms with van der Waals surface area (Å²) in [6.07, 6.45) is 0. The number of hydrogen-bond acceptors (Lipinski definition) is 3. The molecule has 0 aliphatic carbocycles. The fourth-order valence-corrected chi connectivity index (χ4v) is 1.93. The van der Waals surface area contributed by atoms with Crippen LogP contribution in [0.3, 0.4) is 0 Å². The van der Waals surface area contributed by atoms with Gasteiger partial charge >= 0.3 is 0 Å². The molecule has 0 bridgehead atoms. The number of hydrogen-bond donors (Lipinski definition) is 2. The van der Waals surface area contributed by atoms with Crippen molar-refractivity contribution in [2.45, 2.75) is 13.5 Å². The van der Waals surface area contributed by atoms with Crippen LogP contribution in [0, 0.1) is 6.92 Å². The highest BCUT2D eigenvalue weighted by Crippen LogP contribution is 2.20. The van der Waals surface area contributed by atoms with Crippen molar-refractivity contribution in [1.82, 2.24) is 0 Å². The van der Waals surface area contributed by atoms with Gasteiger partial charge < -0.3 is 15.2 Å². The second-order valence-corrected chi connectivity index (χ2v) is 5.01. The normalized spacial score (nSPS) is 10.2. The van der Waals surface area contributed by atoms with E-state index in [0.29, 0.717) is 16.5 Å². The molecule has 2 aromatic carbocycles. The maximum absolute atomic E-state index is 11.8. The van der Waals surface area contributed by atoms with Crippen molar-refractivity contribution in [3.8, 4) is 5.75 Å². The molecular formula is C16H16ClNO3. The highest BCUT2D eigenvalue weighted by Gasteiger charge is 2.05. The lowest BCUT2D eigenvalue weighted by Gasteiger charge is -2.09. The average Bonchev–Trinajstić information content (AvgIpc) is 2.49. The molecule has 0 aliphatic heterocycles. The Morgan fingerprint density at radius 3 is 2.81 bits per heavy atom. The van der Waals surface area contributed by atoms with E-state index < -0.39 is 0 Å². The van der Waals surface area contributed by atoms with Crippen LogP contribution in [0.15, 0.2) is 42.5 Å². The van der Waals surface area contributed by atoms with Crippen molar-refractivity contribution in [2.24, 2.45) is 0 Å². The molecule has 0 aliphatic rings. The third-order valence-electron chi connectivity index (χ3n) is 2.91. The van der Waals surface area contributed by atoms with E-state index >= 15 is 0 Å². The van der Waals surface area contributed by atoms with Gasteiger partial charge in [-0.1, -0.05) is 29.8 Å². The van der Waals surface area contributed by atoms with Gasteiger partial charge in [-0.2, -0.15) is 0 Å². The molecule has 0 fully saturated rings. The molecule has 2 aromatic rings. The van der Waals surface area contributed by atoms with E-state index in [2.05, 4.69) is 5.32 Å². The van der Waals surface area contributed by atoms with Crippen molar-refractivity contribution in [3.05, 3.63) is 58.6 Å². The molecule has 0 unspecified atom stereocenters. The quantitative estimate of drug-likeness (QED) is 0.892. The molecule has 21 heavy (non-hydrogen) atoms. The minimum atomic E-state index is -0.274. The van der Waals surface area contributed by atoms with Gasteiger partial charge in [0, 0.05) is 10.7 Å². The maximum atomic E-state index is 11.8. The van der Waals surface area contributed by atoms with E-state index in [9.17, 15) is 4.79 Å². The van der Waals surface area contributed by atoms with E-state index in [0.717, 1.165) is 11.1 Å². The van der Waals surface area contributed by atoms with Crippen LogP contribution in [0.4, 0.5) is 5.69 Å². The summed E-state index contributed by atoms with van der Waals surface area (Å²) >= 11 is 6.00. The molecule has 0 radical (unpaired) electrons. The van der Waals surface area contributed by atoms with Gasteiger partial charge in [-0.15, -0.1) is 0 Å². The van der Waals surface area contributed by atoms with Crippen molar-refractivity contribution in [2.75, 3.05) is 11.9 Å². The molecule has 0 spiro atoms. The van der Waals surface area contributed by atoms with Gasteiger partial charge in [0.25, 0.3) is 5.91 Å². The van der Waals surface area contributed by atoms with E-state index in [-0.39, 0.29) is 19.1 Å². The number of aliphatic hydroxyl groups excluding tert-OH is 1. The number of anilines is 1. The molecule has 110 valence electrons. The fourth-order valence-electron chi connectivity index (χ4n) is 1.75. The van der Waals surface area contributed by atoms with Crippen LogP contribution in [0.25, 0.3) is 0 Å². The zero-order valence-corrected chi connectivity index (χ0v) is 12.4. The first-order chi connectivity index (χ1) is 10.1. The number of halogens is 1. The summed E-state index contributed by atoms with van der Waals surface area (Å²) in [4.78, 5) is 11.8. The lowest BCUT2D eigenvalue weighted by molar-refractivity contribution is -0.118. The Morgan fingerprint density at radius 1 is 1.29 bits per heavy atom. The molecule has 0 saturated heterocycles. The molecule has 2 rings (SSSR count). The monoisotopic (exact) mass is 305 g/mol. The average molecular weight is 306 g/mol. The Kier molecular flexibility index (Phi) is 5.20. The number of carbonyl (C=O) groups is 1. The Balaban J connectivity index is 1.91. The van der Waals surface area contributed by atoms with Gasteiger partial charge in [0.1, 0.15) is 5.75 Å². The minimum Gasteiger partial charge on any atom is -0.484 e. The number of aliphatic hydroxyl groups is 1. The van der Waals surface area contributed by atoms with Gasteiger partial charge in [-0.05, 0) is 42.3 Å². The number of rotatable bonds is 5. The van der Waals surface area contributed by atoms with E-state index in [4.69, 9.17) is 21.4 Å². The first-order valence-corrected chi connectivity index (χ1v) is 6.85.